The number of aromatic nitrogens is 1. The summed E-state index contributed by atoms with van der Waals surface area (Å²) in [7, 11) is 0. The second kappa shape index (κ2) is 9.10. The lowest BCUT2D eigenvalue weighted by molar-refractivity contribution is 0.336. The summed E-state index contributed by atoms with van der Waals surface area (Å²) < 4.78 is 5.64. The molecule has 23 heavy (non-hydrogen) atoms. The van der Waals surface area contributed by atoms with E-state index in [2.05, 4.69) is 21.7 Å². The van der Waals surface area contributed by atoms with E-state index in [0.717, 1.165) is 36.5 Å². The van der Waals surface area contributed by atoms with Crippen LogP contribution >= 0.6 is 12.2 Å². The zero-order chi connectivity index (χ0) is 16.5. The van der Waals surface area contributed by atoms with E-state index in [-0.39, 0.29) is 0 Å². The Morgan fingerprint density at radius 1 is 1.22 bits per heavy atom. The average Bonchev–Trinajstić information content (AvgIpc) is 2.55. The molecule has 2 N–H and O–H groups in total. The second-order valence-electron chi connectivity index (χ2n) is 5.19. The fraction of sp³-hybridized carbons (Fsp3) is 0.333. The Morgan fingerprint density at radius 2 is 2.04 bits per heavy atom. The molecule has 2 aromatic rings. The molecule has 0 radical (unpaired) electrons. The van der Waals surface area contributed by atoms with Crippen molar-refractivity contribution < 1.29 is 4.74 Å². The minimum Gasteiger partial charge on any atom is -0.494 e. The predicted molar refractivity (Wildman–Crippen MR) is 99.1 cm³/mol. The van der Waals surface area contributed by atoms with Gasteiger partial charge < -0.3 is 15.4 Å². The van der Waals surface area contributed by atoms with Crippen molar-refractivity contribution in [2.45, 2.75) is 26.7 Å². The van der Waals surface area contributed by atoms with Crippen molar-refractivity contribution in [2.75, 3.05) is 18.5 Å². The summed E-state index contributed by atoms with van der Waals surface area (Å²) in [6.45, 7) is 5.50. The summed E-state index contributed by atoms with van der Waals surface area (Å²) >= 11 is 5.31. The Bertz CT molecular complexity index is 646. The van der Waals surface area contributed by atoms with Gasteiger partial charge in [-0.25, -0.2) is 4.98 Å². The second-order valence-corrected chi connectivity index (χ2v) is 5.60. The van der Waals surface area contributed by atoms with E-state index in [1.54, 1.807) is 6.20 Å². The summed E-state index contributed by atoms with van der Waals surface area (Å²) in [6.07, 6.45) is 3.68. The van der Waals surface area contributed by atoms with Gasteiger partial charge in [0.15, 0.2) is 5.11 Å². The van der Waals surface area contributed by atoms with Crippen molar-refractivity contribution in [1.82, 2.24) is 10.3 Å². The molecule has 0 saturated heterocycles. The molecule has 1 heterocycles. The molecule has 0 amide bonds. The van der Waals surface area contributed by atoms with Gasteiger partial charge in [-0.1, -0.05) is 24.3 Å². The van der Waals surface area contributed by atoms with Gasteiger partial charge in [0.25, 0.3) is 0 Å². The van der Waals surface area contributed by atoms with E-state index in [9.17, 15) is 0 Å². The highest BCUT2D eigenvalue weighted by Gasteiger charge is 2.04. The molecule has 0 spiro atoms. The Hall–Kier alpha value is -2.14. The number of thiocarbonyl (C=S) groups is 1. The highest BCUT2D eigenvalue weighted by molar-refractivity contribution is 7.80. The SMILES string of the molecule is CCOc1ccccc1CCCNC(=S)Nc1ncccc1C. The highest BCUT2D eigenvalue weighted by atomic mass is 32.1. The van der Waals surface area contributed by atoms with Crippen LogP contribution in [0.4, 0.5) is 5.82 Å². The van der Waals surface area contributed by atoms with Crippen molar-refractivity contribution in [3.63, 3.8) is 0 Å². The molecule has 1 aromatic heterocycles. The number of pyridine rings is 1. The van der Waals surface area contributed by atoms with E-state index in [0.29, 0.717) is 11.7 Å². The zero-order valence-electron chi connectivity index (χ0n) is 13.6. The van der Waals surface area contributed by atoms with Crippen LogP contribution < -0.4 is 15.4 Å². The third-order valence-corrected chi connectivity index (χ3v) is 3.67. The van der Waals surface area contributed by atoms with Crippen LogP contribution in [0.3, 0.4) is 0 Å². The standard InChI is InChI=1S/C18H23N3OS/c1-3-22-16-11-5-4-9-15(16)10-7-13-20-18(23)21-17-14(2)8-6-12-19-17/h4-6,8-9,11-12H,3,7,10,13H2,1-2H3,(H2,19,20,21,23). The molecule has 0 fully saturated rings. The first-order valence-electron chi connectivity index (χ1n) is 7.88. The molecule has 0 bridgehead atoms. The first-order chi connectivity index (χ1) is 11.2. The van der Waals surface area contributed by atoms with Crippen LogP contribution in [0.2, 0.25) is 0 Å². The summed E-state index contributed by atoms with van der Waals surface area (Å²) in [5.74, 6) is 1.77. The van der Waals surface area contributed by atoms with E-state index >= 15 is 0 Å². The topological polar surface area (TPSA) is 46.2 Å². The molecule has 122 valence electrons. The molecule has 0 saturated carbocycles. The fourth-order valence-corrected chi connectivity index (χ4v) is 2.45. The Kier molecular flexibility index (Phi) is 6.81. The van der Waals surface area contributed by atoms with Crippen molar-refractivity contribution in [2.24, 2.45) is 0 Å². The number of hydrogen-bond acceptors (Lipinski definition) is 3. The van der Waals surface area contributed by atoms with Crippen LogP contribution in [0.5, 0.6) is 5.75 Å². The van der Waals surface area contributed by atoms with Gasteiger partial charge in [-0.2, -0.15) is 0 Å². The number of nitrogens with one attached hydrogen (secondary N) is 2. The molecule has 0 aliphatic carbocycles. The van der Waals surface area contributed by atoms with Crippen molar-refractivity contribution in [1.29, 1.82) is 0 Å². The molecule has 1 aromatic carbocycles. The number of ether oxygens (including phenoxy) is 1. The molecular formula is C18H23N3OS. The van der Waals surface area contributed by atoms with Crippen LogP contribution in [0.25, 0.3) is 0 Å². The van der Waals surface area contributed by atoms with E-state index in [1.807, 2.05) is 44.2 Å². The lowest BCUT2D eigenvalue weighted by Crippen LogP contribution is -2.30. The Balaban J connectivity index is 1.75. The monoisotopic (exact) mass is 329 g/mol. The van der Waals surface area contributed by atoms with E-state index in [4.69, 9.17) is 17.0 Å². The van der Waals surface area contributed by atoms with Gasteiger partial charge >= 0.3 is 0 Å². The normalized spacial score (nSPS) is 10.2. The summed E-state index contributed by atoms with van der Waals surface area (Å²) in [6, 6.07) is 12.1. The molecule has 2 rings (SSSR count). The number of para-hydroxylation sites is 1. The van der Waals surface area contributed by atoms with Gasteiger partial charge in [-0.05, 0) is 62.2 Å². The molecule has 0 aliphatic heterocycles. The van der Waals surface area contributed by atoms with Gasteiger partial charge in [0.2, 0.25) is 0 Å². The van der Waals surface area contributed by atoms with Gasteiger partial charge in [-0.3, -0.25) is 0 Å². The molecule has 0 aliphatic rings. The third-order valence-electron chi connectivity index (χ3n) is 3.42. The number of anilines is 1. The summed E-state index contributed by atoms with van der Waals surface area (Å²) in [5.41, 5.74) is 2.30. The maximum absolute atomic E-state index is 5.64. The van der Waals surface area contributed by atoms with Gasteiger partial charge in [0.05, 0.1) is 6.61 Å². The van der Waals surface area contributed by atoms with Gasteiger partial charge in [-0.15, -0.1) is 0 Å². The minimum atomic E-state index is 0.602. The quantitative estimate of drug-likeness (QED) is 0.599. The van der Waals surface area contributed by atoms with E-state index in [1.165, 1.54) is 5.56 Å². The molecular weight excluding hydrogens is 306 g/mol. The fourth-order valence-electron chi connectivity index (χ4n) is 2.26. The van der Waals surface area contributed by atoms with Crippen LogP contribution in [0, 0.1) is 6.92 Å². The summed E-state index contributed by atoms with van der Waals surface area (Å²) in [4.78, 5) is 4.27. The first-order valence-corrected chi connectivity index (χ1v) is 8.28. The average molecular weight is 329 g/mol. The van der Waals surface area contributed by atoms with Crippen LogP contribution in [-0.2, 0) is 6.42 Å². The largest absolute Gasteiger partial charge is 0.494 e. The number of hydrogen-bond donors (Lipinski definition) is 2. The number of nitrogens with zero attached hydrogens (tertiary/aromatic N) is 1. The van der Waals surface area contributed by atoms with Crippen LogP contribution in [-0.4, -0.2) is 23.2 Å². The molecule has 4 nitrogen and oxygen atoms in total. The van der Waals surface area contributed by atoms with E-state index < -0.39 is 0 Å². The maximum atomic E-state index is 5.64. The number of benzene rings is 1. The Morgan fingerprint density at radius 3 is 2.83 bits per heavy atom. The maximum Gasteiger partial charge on any atom is 0.171 e. The Labute approximate surface area is 143 Å². The summed E-state index contributed by atoms with van der Waals surface area (Å²) in [5, 5.41) is 6.95. The minimum absolute atomic E-state index is 0.602. The number of rotatable bonds is 7. The highest BCUT2D eigenvalue weighted by Crippen LogP contribution is 2.19. The molecule has 0 atom stereocenters. The third kappa shape index (κ3) is 5.53. The van der Waals surface area contributed by atoms with Crippen molar-refractivity contribution in [3.8, 4) is 5.75 Å². The zero-order valence-corrected chi connectivity index (χ0v) is 14.5. The van der Waals surface area contributed by atoms with Crippen LogP contribution in [0.1, 0.15) is 24.5 Å². The van der Waals surface area contributed by atoms with Gasteiger partial charge in [0, 0.05) is 12.7 Å². The van der Waals surface area contributed by atoms with Crippen LogP contribution in [0.15, 0.2) is 42.6 Å². The predicted octanol–water partition coefficient (Wildman–Crippen LogP) is 3.71. The van der Waals surface area contributed by atoms with Crippen molar-refractivity contribution in [3.05, 3.63) is 53.7 Å². The molecule has 0 unspecified atom stereocenters. The smallest absolute Gasteiger partial charge is 0.171 e. The first kappa shape index (κ1) is 17.2. The lowest BCUT2D eigenvalue weighted by Gasteiger charge is -2.12. The van der Waals surface area contributed by atoms with Gasteiger partial charge in [0.1, 0.15) is 11.6 Å². The number of aryl methyl sites for hydroxylation is 2. The lowest BCUT2D eigenvalue weighted by atomic mass is 10.1. The van der Waals surface area contributed by atoms with Crippen molar-refractivity contribution >= 4 is 23.1 Å². The molecule has 5 heteroatoms.